The number of halogens is 1. The van der Waals surface area contributed by atoms with Crippen molar-refractivity contribution in [2.45, 2.75) is 13.2 Å². The lowest BCUT2D eigenvalue weighted by Gasteiger charge is -2.09. The first-order valence-corrected chi connectivity index (χ1v) is 8.58. The van der Waals surface area contributed by atoms with E-state index in [2.05, 4.69) is 6.07 Å². The van der Waals surface area contributed by atoms with Crippen molar-refractivity contribution in [1.82, 2.24) is 4.57 Å². The molecule has 0 fully saturated rings. The average Bonchev–Trinajstić information content (AvgIpc) is 2.97. The molecular formula is C22H18FN2O2. The molecule has 5 heteroatoms. The van der Waals surface area contributed by atoms with Crippen LogP contribution in [0.4, 0.5) is 4.39 Å². The van der Waals surface area contributed by atoms with Crippen molar-refractivity contribution < 1.29 is 13.9 Å². The van der Waals surface area contributed by atoms with Crippen molar-refractivity contribution in [2.24, 2.45) is 5.73 Å². The quantitative estimate of drug-likeness (QED) is 0.583. The summed E-state index contributed by atoms with van der Waals surface area (Å²) in [5.41, 5.74) is 9.21. The van der Waals surface area contributed by atoms with E-state index in [1.54, 1.807) is 31.4 Å². The molecule has 4 rings (SSSR count). The number of methoxy groups -OCH3 is 1. The van der Waals surface area contributed by atoms with Crippen LogP contribution < -0.4 is 5.73 Å². The second kappa shape index (κ2) is 6.85. The molecule has 2 N–H and O–H groups in total. The third kappa shape index (κ3) is 2.96. The van der Waals surface area contributed by atoms with Crippen molar-refractivity contribution in [3.63, 3.8) is 0 Å². The maximum absolute atomic E-state index is 14.3. The number of aromatic nitrogens is 1. The van der Waals surface area contributed by atoms with Crippen LogP contribution in [0.2, 0.25) is 0 Å². The summed E-state index contributed by atoms with van der Waals surface area (Å²) in [6.45, 7) is 0.773. The zero-order valence-electron chi connectivity index (χ0n) is 14.8. The number of carbonyl (C=O) groups is 1. The lowest BCUT2D eigenvalue weighted by Crippen LogP contribution is -2.11. The van der Waals surface area contributed by atoms with E-state index in [1.165, 1.54) is 6.07 Å². The van der Waals surface area contributed by atoms with Crippen LogP contribution in [0.25, 0.3) is 21.8 Å². The van der Waals surface area contributed by atoms with Gasteiger partial charge in [-0.05, 0) is 42.0 Å². The molecule has 1 radical (unpaired) electrons. The van der Waals surface area contributed by atoms with Gasteiger partial charge in [0.05, 0.1) is 24.2 Å². The molecule has 0 saturated carbocycles. The Kier molecular flexibility index (Phi) is 4.38. The van der Waals surface area contributed by atoms with E-state index in [1.807, 2.05) is 28.8 Å². The number of carbonyl (C=O) groups excluding carboxylic acids is 1. The third-order valence-corrected chi connectivity index (χ3v) is 4.72. The summed E-state index contributed by atoms with van der Waals surface area (Å²) in [7, 11) is 1.63. The SMILES string of the molecule is COCc1c[c]c2c3c(C(N)=O)cccc3n(Cc3ccccc3F)c2c1. The highest BCUT2D eigenvalue weighted by atomic mass is 19.1. The predicted octanol–water partition coefficient (Wildman–Crippen LogP) is 4.03. The van der Waals surface area contributed by atoms with Crippen LogP contribution in [0.1, 0.15) is 21.5 Å². The Morgan fingerprint density at radius 1 is 1.19 bits per heavy atom. The number of fused-ring (bicyclic) bond motifs is 3. The number of benzene rings is 3. The van der Waals surface area contributed by atoms with E-state index in [4.69, 9.17) is 10.5 Å². The number of hydrogen-bond donors (Lipinski definition) is 1. The van der Waals surface area contributed by atoms with E-state index in [-0.39, 0.29) is 5.82 Å². The summed E-state index contributed by atoms with van der Waals surface area (Å²) in [5, 5.41) is 1.52. The summed E-state index contributed by atoms with van der Waals surface area (Å²) < 4.78 is 21.5. The second-order valence-electron chi connectivity index (χ2n) is 6.44. The van der Waals surface area contributed by atoms with Gasteiger partial charge in [0.15, 0.2) is 0 Å². The summed E-state index contributed by atoms with van der Waals surface area (Å²) in [6.07, 6.45) is 0. The highest BCUT2D eigenvalue weighted by Gasteiger charge is 2.17. The molecule has 1 heterocycles. The van der Waals surface area contributed by atoms with Gasteiger partial charge in [0.25, 0.3) is 0 Å². The van der Waals surface area contributed by atoms with Gasteiger partial charge >= 0.3 is 0 Å². The summed E-state index contributed by atoms with van der Waals surface area (Å²) in [4.78, 5) is 12.0. The monoisotopic (exact) mass is 361 g/mol. The molecular weight excluding hydrogens is 343 g/mol. The van der Waals surface area contributed by atoms with E-state index in [9.17, 15) is 9.18 Å². The second-order valence-corrected chi connectivity index (χ2v) is 6.44. The smallest absolute Gasteiger partial charge is 0.249 e. The topological polar surface area (TPSA) is 57.2 Å². The van der Waals surface area contributed by atoms with Gasteiger partial charge in [0.2, 0.25) is 5.91 Å². The Labute approximate surface area is 156 Å². The number of amides is 1. The van der Waals surface area contributed by atoms with Crippen LogP contribution in [-0.2, 0) is 17.9 Å². The Hall–Kier alpha value is -3.18. The first-order valence-electron chi connectivity index (χ1n) is 8.58. The number of nitrogens with zero attached hydrogens (tertiary/aromatic N) is 1. The molecule has 1 aromatic heterocycles. The Balaban J connectivity index is 2.04. The van der Waals surface area contributed by atoms with Crippen molar-refractivity contribution in [3.8, 4) is 0 Å². The van der Waals surface area contributed by atoms with Gasteiger partial charge in [-0.2, -0.15) is 0 Å². The van der Waals surface area contributed by atoms with Crippen molar-refractivity contribution >= 4 is 27.7 Å². The molecule has 0 aliphatic rings. The summed E-state index contributed by atoms with van der Waals surface area (Å²) in [5.74, 6) is -0.768. The number of rotatable bonds is 5. The minimum absolute atomic E-state index is 0.268. The maximum atomic E-state index is 14.3. The van der Waals surface area contributed by atoms with Crippen molar-refractivity contribution in [1.29, 1.82) is 0 Å². The average molecular weight is 361 g/mol. The largest absolute Gasteiger partial charge is 0.380 e. The van der Waals surface area contributed by atoms with Crippen molar-refractivity contribution in [3.05, 3.63) is 83.2 Å². The fourth-order valence-electron chi connectivity index (χ4n) is 3.52. The van der Waals surface area contributed by atoms with Gasteiger partial charge in [-0.25, -0.2) is 4.39 Å². The molecule has 0 spiro atoms. The Morgan fingerprint density at radius 3 is 2.74 bits per heavy atom. The number of primary amides is 1. The molecule has 135 valence electrons. The van der Waals surface area contributed by atoms with Crippen LogP contribution in [0.5, 0.6) is 0 Å². The van der Waals surface area contributed by atoms with Crippen LogP contribution in [-0.4, -0.2) is 17.6 Å². The van der Waals surface area contributed by atoms with Gasteiger partial charge in [-0.15, -0.1) is 0 Å². The van der Waals surface area contributed by atoms with Gasteiger partial charge in [0.1, 0.15) is 5.82 Å². The molecule has 4 nitrogen and oxygen atoms in total. The van der Waals surface area contributed by atoms with Gasteiger partial charge in [-0.3, -0.25) is 4.79 Å². The number of ether oxygens (including phenoxy) is 1. The molecule has 0 saturated heterocycles. The van der Waals surface area contributed by atoms with Crippen molar-refractivity contribution in [2.75, 3.05) is 7.11 Å². The molecule has 0 unspecified atom stereocenters. The lowest BCUT2D eigenvalue weighted by atomic mass is 10.0. The predicted molar refractivity (Wildman–Crippen MR) is 103 cm³/mol. The summed E-state index contributed by atoms with van der Waals surface area (Å²) >= 11 is 0. The third-order valence-electron chi connectivity index (χ3n) is 4.72. The molecule has 1 amide bonds. The number of hydrogen-bond acceptors (Lipinski definition) is 2. The van der Waals surface area contributed by atoms with E-state index < -0.39 is 5.91 Å². The summed E-state index contributed by atoms with van der Waals surface area (Å²) in [6, 6.07) is 19.2. The zero-order chi connectivity index (χ0) is 19.0. The molecule has 0 aliphatic heterocycles. The lowest BCUT2D eigenvalue weighted by molar-refractivity contribution is 0.100. The standard InChI is InChI=1S/C22H18FN2O2/c1-27-13-14-9-10-16-20(11-14)25(12-15-5-2-3-7-18(15)23)19-8-4-6-17(21(16)19)22(24)26/h2-9,11H,12-13H2,1H3,(H2,24,26). The molecule has 0 aliphatic carbocycles. The van der Waals surface area contributed by atoms with Crippen LogP contribution >= 0.6 is 0 Å². The Morgan fingerprint density at radius 2 is 2.00 bits per heavy atom. The van der Waals surface area contributed by atoms with E-state index in [0.717, 1.165) is 27.4 Å². The maximum Gasteiger partial charge on any atom is 0.249 e. The van der Waals surface area contributed by atoms with Crippen LogP contribution in [0.15, 0.2) is 54.6 Å². The van der Waals surface area contributed by atoms with Gasteiger partial charge < -0.3 is 15.0 Å². The molecule has 27 heavy (non-hydrogen) atoms. The fourth-order valence-corrected chi connectivity index (χ4v) is 3.52. The Bertz CT molecular complexity index is 1160. The molecule has 4 aromatic rings. The highest BCUT2D eigenvalue weighted by Crippen LogP contribution is 2.33. The zero-order valence-corrected chi connectivity index (χ0v) is 14.8. The van der Waals surface area contributed by atoms with Crippen LogP contribution in [0, 0.1) is 11.9 Å². The minimum atomic E-state index is -0.500. The first kappa shape index (κ1) is 17.2. The molecule has 3 aromatic carbocycles. The minimum Gasteiger partial charge on any atom is -0.380 e. The van der Waals surface area contributed by atoms with Gasteiger partial charge in [-0.1, -0.05) is 24.3 Å². The fraction of sp³-hybridized carbons (Fsp3) is 0.136. The van der Waals surface area contributed by atoms with Crippen LogP contribution in [0.3, 0.4) is 0 Å². The first-order chi connectivity index (χ1) is 13.1. The van der Waals surface area contributed by atoms with Gasteiger partial charge in [0, 0.05) is 29.0 Å². The number of nitrogens with two attached hydrogens (primary N) is 1. The van der Waals surface area contributed by atoms with E-state index >= 15 is 0 Å². The molecule has 0 atom stereocenters. The molecule has 0 bridgehead atoms. The normalized spacial score (nSPS) is 11.3. The highest BCUT2D eigenvalue weighted by molar-refractivity contribution is 6.17. The van der Waals surface area contributed by atoms with E-state index in [0.29, 0.717) is 24.3 Å².